The molecular formula is C13H16N4O. The second-order valence-corrected chi connectivity index (χ2v) is 3.98. The van der Waals surface area contributed by atoms with E-state index < -0.39 is 0 Å². The molecule has 94 valence electrons. The van der Waals surface area contributed by atoms with Gasteiger partial charge in [-0.2, -0.15) is 5.10 Å². The summed E-state index contributed by atoms with van der Waals surface area (Å²) in [7, 11) is 2.00. The lowest BCUT2D eigenvalue weighted by Gasteiger charge is -2.19. The fourth-order valence-electron chi connectivity index (χ4n) is 1.63. The number of H-pyrrole nitrogens is 1. The predicted molar refractivity (Wildman–Crippen MR) is 70.6 cm³/mol. The number of carbonyl (C=O) groups excluding carboxylic acids is 1. The third-order valence-corrected chi connectivity index (χ3v) is 2.68. The van der Waals surface area contributed by atoms with Crippen LogP contribution in [0.3, 0.4) is 0 Å². The molecule has 0 aliphatic carbocycles. The smallest absolute Gasteiger partial charge is 0.269 e. The number of para-hydroxylation sites is 1. The maximum Gasteiger partial charge on any atom is 0.269 e. The van der Waals surface area contributed by atoms with Crippen molar-refractivity contribution in [2.24, 2.45) is 0 Å². The molecule has 0 atom stereocenters. The van der Waals surface area contributed by atoms with Crippen LogP contribution in [0.15, 0.2) is 42.6 Å². The quantitative estimate of drug-likeness (QED) is 0.832. The van der Waals surface area contributed by atoms with Gasteiger partial charge in [0.15, 0.2) is 0 Å². The summed E-state index contributed by atoms with van der Waals surface area (Å²) in [6, 6.07) is 11.7. The van der Waals surface area contributed by atoms with Crippen LogP contribution >= 0.6 is 0 Å². The molecule has 0 fully saturated rings. The minimum atomic E-state index is -0.131. The van der Waals surface area contributed by atoms with E-state index in [2.05, 4.69) is 20.4 Å². The molecule has 18 heavy (non-hydrogen) atoms. The van der Waals surface area contributed by atoms with Gasteiger partial charge in [-0.1, -0.05) is 18.2 Å². The molecule has 1 amide bonds. The number of aromatic nitrogens is 2. The average Bonchev–Trinajstić information content (AvgIpc) is 2.93. The van der Waals surface area contributed by atoms with Crippen molar-refractivity contribution in [1.29, 1.82) is 0 Å². The Morgan fingerprint density at radius 3 is 2.78 bits per heavy atom. The molecule has 1 aromatic heterocycles. The number of amides is 1. The number of hydrogen-bond acceptors (Lipinski definition) is 3. The van der Waals surface area contributed by atoms with Crippen molar-refractivity contribution in [2.75, 3.05) is 25.0 Å². The van der Waals surface area contributed by atoms with Crippen LogP contribution in [0.1, 0.15) is 10.5 Å². The molecule has 0 aliphatic rings. The highest BCUT2D eigenvalue weighted by Gasteiger charge is 2.06. The lowest BCUT2D eigenvalue weighted by Crippen LogP contribution is -2.33. The monoisotopic (exact) mass is 244 g/mol. The first-order valence-electron chi connectivity index (χ1n) is 5.81. The molecule has 0 unspecified atom stereocenters. The maximum atomic E-state index is 11.6. The van der Waals surface area contributed by atoms with Crippen LogP contribution in [-0.4, -0.2) is 36.2 Å². The summed E-state index contributed by atoms with van der Waals surface area (Å²) in [5.74, 6) is -0.131. The van der Waals surface area contributed by atoms with Crippen molar-refractivity contribution in [1.82, 2.24) is 15.5 Å². The lowest BCUT2D eigenvalue weighted by molar-refractivity contribution is 0.0950. The highest BCUT2D eigenvalue weighted by molar-refractivity contribution is 5.92. The minimum absolute atomic E-state index is 0.131. The molecule has 5 heteroatoms. The zero-order valence-corrected chi connectivity index (χ0v) is 10.3. The van der Waals surface area contributed by atoms with E-state index in [-0.39, 0.29) is 5.91 Å². The Morgan fingerprint density at radius 1 is 1.33 bits per heavy atom. The fraction of sp³-hybridized carbons (Fsp3) is 0.231. The average molecular weight is 244 g/mol. The Bertz CT molecular complexity index is 481. The Balaban J connectivity index is 1.77. The summed E-state index contributed by atoms with van der Waals surface area (Å²) in [5, 5.41) is 9.20. The number of hydrogen-bond donors (Lipinski definition) is 2. The molecule has 0 spiro atoms. The van der Waals surface area contributed by atoms with E-state index in [0.29, 0.717) is 12.2 Å². The van der Waals surface area contributed by atoms with Crippen LogP contribution in [0, 0.1) is 0 Å². The lowest BCUT2D eigenvalue weighted by atomic mass is 10.3. The second kappa shape index (κ2) is 5.86. The van der Waals surface area contributed by atoms with Gasteiger partial charge in [-0.15, -0.1) is 0 Å². The first kappa shape index (κ1) is 12.2. The molecule has 0 saturated carbocycles. The summed E-state index contributed by atoms with van der Waals surface area (Å²) in [4.78, 5) is 13.7. The van der Waals surface area contributed by atoms with Crippen molar-refractivity contribution in [3.63, 3.8) is 0 Å². The zero-order chi connectivity index (χ0) is 12.8. The standard InChI is InChI=1S/C13H16N4O/c1-17(11-5-3-2-4-6-11)10-9-14-13(18)12-7-8-15-16-12/h2-8H,9-10H2,1H3,(H,14,18)(H,15,16). The molecule has 2 aromatic rings. The van der Waals surface area contributed by atoms with Gasteiger partial charge >= 0.3 is 0 Å². The van der Waals surface area contributed by atoms with E-state index in [1.807, 2.05) is 37.4 Å². The van der Waals surface area contributed by atoms with Gasteiger partial charge in [0.2, 0.25) is 0 Å². The van der Waals surface area contributed by atoms with Gasteiger partial charge in [0.25, 0.3) is 5.91 Å². The van der Waals surface area contributed by atoms with Gasteiger partial charge in [0, 0.05) is 32.0 Å². The van der Waals surface area contributed by atoms with Crippen molar-refractivity contribution in [3.05, 3.63) is 48.3 Å². The number of anilines is 1. The zero-order valence-electron chi connectivity index (χ0n) is 10.3. The maximum absolute atomic E-state index is 11.6. The number of carbonyl (C=O) groups is 1. The normalized spacial score (nSPS) is 10.1. The van der Waals surface area contributed by atoms with Crippen LogP contribution in [-0.2, 0) is 0 Å². The molecule has 0 bridgehead atoms. The molecular weight excluding hydrogens is 228 g/mol. The first-order valence-corrected chi connectivity index (χ1v) is 5.81. The predicted octanol–water partition coefficient (Wildman–Crippen LogP) is 1.28. The van der Waals surface area contributed by atoms with E-state index in [4.69, 9.17) is 0 Å². The fourth-order valence-corrected chi connectivity index (χ4v) is 1.63. The van der Waals surface area contributed by atoms with Crippen LogP contribution in [0.2, 0.25) is 0 Å². The highest BCUT2D eigenvalue weighted by atomic mass is 16.1. The SMILES string of the molecule is CN(CCNC(=O)c1ccn[nH]1)c1ccccc1. The number of nitrogens with zero attached hydrogens (tertiary/aromatic N) is 2. The Kier molecular flexibility index (Phi) is 3.96. The molecule has 0 aliphatic heterocycles. The minimum Gasteiger partial charge on any atom is -0.373 e. The van der Waals surface area contributed by atoms with E-state index in [0.717, 1.165) is 12.2 Å². The summed E-state index contributed by atoms with van der Waals surface area (Å²) in [6.07, 6.45) is 1.56. The van der Waals surface area contributed by atoms with E-state index in [1.54, 1.807) is 12.3 Å². The van der Waals surface area contributed by atoms with Crippen LogP contribution in [0.25, 0.3) is 0 Å². The van der Waals surface area contributed by atoms with Gasteiger partial charge in [0.1, 0.15) is 5.69 Å². The van der Waals surface area contributed by atoms with Gasteiger partial charge < -0.3 is 10.2 Å². The molecule has 0 radical (unpaired) electrons. The van der Waals surface area contributed by atoms with Crippen molar-refractivity contribution in [2.45, 2.75) is 0 Å². The van der Waals surface area contributed by atoms with Crippen LogP contribution < -0.4 is 10.2 Å². The van der Waals surface area contributed by atoms with Gasteiger partial charge in [-0.25, -0.2) is 0 Å². The Hall–Kier alpha value is -2.30. The van der Waals surface area contributed by atoms with E-state index in [1.165, 1.54) is 0 Å². The summed E-state index contributed by atoms with van der Waals surface area (Å²) >= 11 is 0. The highest BCUT2D eigenvalue weighted by Crippen LogP contribution is 2.09. The summed E-state index contributed by atoms with van der Waals surface area (Å²) in [5.41, 5.74) is 1.62. The largest absolute Gasteiger partial charge is 0.373 e. The Labute approximate surface area is 106 Å². The number of nitrogens with one attached hydrogen (secondary N) is 2. The third kappa shape index (κ3) is 3.10. The van der Waals surface area contributed by atoms with Gasteiger partial charge in [0.05, 0.1) is 0 Å². The summed E-state index contributed by atoms with van der Waals surface area (Å²) in [6.45, 7) is 1.34. The summed E-state index contributed by atoms with van der Waals surface area (Å²) < 4.78 is 0. The second-order valence-electron chi connectivity index (χ2n) is 3.98. The van der Waals surface area contributed by atoms with E-state index >= 15 is 0 Å². The molecule has 2 rings (SSSR count). The molecule has 0 saturated heterocycles. The number of benzene rings is 1. The first-order chi connectivity index (χ1) is 8.77. The molecule has 1 heterocycles. The van der Waals surface area contributed by atoms with Gasteiger partial charge in [-0.3, -0.25) is 9.89 Å². The van der Waals surface area contributed by atoms with Crippen molar-refractivity contribution < 1.29 is 4.79 Å². The number of likely N-dealkylation sites (N-methyl/N-ethyl adjacent to an activating group) is 1. The van der Waals surface area contributed by atoms with Crippen molar-refractivity contribution in [3.8, 4) is 0 Å². The third-order valence-electron chi connectivity index (χ3n) is 2.68. The van der Waals surface area contributed by atoms with Crippen LogP contribution in [0.5, 0.6) is 0 Å². The van der Waals surface area contributed by atoms with Gasteiger partial charge in [-0.05, 0) is 18.2 Å². The number of aromatic amines is 1. The van der Waals surface area contributed by atoms with Crippen molar-refractivity contribution >= 4 is 11.6 Å². The topological polar surface area (TPSA) is 61.0 Å². The molecule has 2 N–H and O–H groups in total. The molecule has 5 nitrogen and oxygen atoms in total. The number of rotatable bonds is 5. The van der Waals surface area contributed by atoms with E-state index in [9.17, 15) is 4.79 Å². The Morgan fingerprint density at radius 2 is 2.11 bits per heavy atom. The molecule has 1 aromatic carbocycles. The van der Waals surface area contributed by atoms with Crippen LogP contribution in [0.4, 0.5) is 5.69 Å².